The standard InChI is InChI=1S/C22H26N2O4/c25-16-22(12-7-13-28-22)15-23-21(27)19(14-17-8-3-1-4-9-17)24-20(26)18-10-5-2-6-11-18/h1-6,8-11,19,25H,7,12-16H2,(H,23,27)(H,24,26). The Morgan fingerprint density at radius 3 is 2.36 bits per heavy atom. The van der Waals surface area contributed by atoms with Gasteiger partial charge in [-0.05, 0) is 30.5 Å². The smallest absolute Gasteiger partial charge is 0.251 e. The van der Waals surface area contributed by atoms with Crippen molar-refractivity contribution in [2.24, 2.45) is 0 Å². The SMILES string of the molecule is O=C(NC(Cc1ccccc1)C(=O)NCC1(CO)CCCO1)c1ccccc1. The Labute approximate surface area is 164 Å². The summed E-state index contributed by atoms with van der Waals surface area (Å²) in [4.78, 5) is 25.4. The summed E-state index contributed by atoms with van der Waals surface area (Å²) in [7, 11) is 0. The number of benzene rings is 2. The summed E-state index contributed by atoms with van der Waals surface area (Å²) in [6.45, 7) is 0.649. The highest BCUT2D eigenvalue weighted by Gasteiger charge is 2.35. The zero-order valence-electron chi connectivity index (χ0n) is 15.8. The molecular formula is C22H26N2O4. The second kappa shape index (κ2) is 9.48. The molecule has 0 aliphatic carbocycles. The molecule has 1 aliphatic rings. The number of hydrogen-bond donors (Lipinski definition) is 3. The number of nitrogens with one attached hydrogen (secondary N) is 2. The highest BCUT2D eigenvalue weighted by molar-refractivity contribution is 5.97. The minimum atomic E-state index is -0.729. The van der Waals surface area contributed by atoms with Gasteiger partial charge in [-0.15, -0.1) is 0 Å². The molecule has 148 valence electrons. The van der Waals surface area contributed by atoms with Crippen molar-refractivity contribution in [3.05, 3.63) is 71.8 Å². The molecule has 3 rings (SSSR count). The fraction of sp³-hybridized carbons (Fsp3) is 0.364. The minimum Gasteiger partial charge on any atom is -0.393 e. The molecule has 1 saturated heterocycles. The van der Waals surface area contributed by atoms with Crippen LogP contribution in [0, 0.1) is 0 Å². The number of amides is 2. The quantitative estimate of drug-likeness (QED) is 0.648. The van der Waals surface area contributed by atoms with E-state index < -0.39 is 11.6 Å². The van der Waals surface area contributed by atoms with Gasteiger partial charge >= 0.3 is 0 Å². The zero-order valence-corrected chi connectivity index (χ0v) is 15.8. The van der Waals surface area contributed by atoms with Gasteiger partial charge in [0.2, 0.25) is 5.91 Å². The van der Waals surface area contributed by atoms with Crippen LogP contribution in [-0.4, -0.2) is 48.3 Å². The highest BCUT2D eigenvalue weighted by atomic mass is 16.5. The maximum absolute atomic E-state index is 12.9. The second-order valence-electron chi connectivity index (χ2n) is 7.09. The molecule has 1 heterocycles. The van der Waals surface area contributed by atoms with Crippen LogP contribution in [0.25, 0.3) is 0 Å². The van der Waals surface area contributed by atoms with E-state index in [0.717, 1.165) is 12.0 Å². The van der Waals surface area contributed by atoms with E-state index in [1.807, 2.05) is 36.4 Å². The molecule has 1 fully saturated rings. The van der Waals surface area contributed by atoms with Crippen LogP contribution in [0.2, 0.25) is 0 Å². The van der Waals surface area contributed by atoms with Crippen LogP contribution < -0.4 is 10.6 Å². The lowest BCUT2D eigenvalue weighted by atomic mass is 10.0. The van der Waals surface area contributed by atoms with Gasteiger partial charge in [0.15, 0.2) is 0 Å². The Morgan fingerprint density at radius 1 is 1.07 bits per heavy atom. The highest BCUT2D eigenvalue weighted by Crippen LogP contribution is 2.24. The predicted molar refractivity (Wildman–Crippen MR) is 106 cm³/mol. The van der Waals surface area contributed by atoms with Crippen LogP contribution in [0.3, 0.4) is 0 Å². The molecular weight excluding hydrogens is 356 g/mol. The first-order valence-electron chi connectivity index (χ1n) is 9.54. The van der Waals surface area contributed by atoms with E-state index in [1.54, 1.807) is 24.3 Å². The number of carbonyl (C=O) groups is 2. The van der Waals surface area contributed by atoms with Gasteiger partial charge in [-0.1, -0.05) is 48.5 Å². The van der Waals surface area contributed by atoms with Crippen LogP contribution >= 0.6 is 0 Å². The van der Waals surface area contributed by atoms with Crippen molar-refractivity contribution in [3.8, 4) is 0 Å². The van der Waals surface area contributed by atoms with Gasteiger partial charge in [0, 0.05) is 25.1 Å². The summed E-state index contributed by atoms with van der Waals surface area (Å²) < 4.78 is 5.64. The van der Waals surface area contributed by atoms with Crippen molar-refractivity contribution < 1.29 is 19.4 Å². The normalized spacial score (nSPS) is 19.8. The van der Waals surface area contributed by atoms with Crippen LogP contribution in [0.1, 0.15) is 28.8 Å². The zero-order chi connectivity index (χ0) is 19.8. The first kappa shape index (κ1) is 20.0. The van der Waals surface area contributed by atoms with Crippen LogP contribution in [0.15, 0.2) is 60.7 Å². The molecule has 2 atom stereocenters. The number of ether oxygens (including phenoxy) is 1. The summed E-state index contributed by atoms with van der Waals surface area (Å²) in [6, 6.07) is 17.6. The number of aliphatic hydroxyl groups excluding tert-OH is 1. The topological polar surface area (TPSA) is 87.7 Å². The summed E-state index contributed by atoms with van der Waals surface area (Å²) in [5.74, 6) is -0.595. The molecule has 6 heteroatoms. The van der Waals surface area contributed by atoms with Gasteiger partial charge in [0.1, 0.15) is 11.6 Å². The van der Waals surface area contributed by atoms with Gasteiger partial charge in [0.25, 0.3) is 5.91 Å². The average Bonchev–Trinajstić information content (AvgIpc) is 3.22. The van der Waals surface area contributed by atoms with Gasteiger partial charge in [-0.2, -0.15) is 0 Å². The Bertz CT molecular complexity index is 774. The Hall–Kier alpha value is -2.70. The van der Waals surface area contributed by atoms with Gasteiger partial charge in [-0.25, -0.2) is 0 Å². The number of carbonyl (C=O) groups excluding carboxylic acids is 2. The lowest BCUT2D eigenvalue weighted by molar-refractivity contribution is -0.125. The molecule has 28 heavy (non-hydrogen) atoms. The van der Waals surface area contributed by atoms with Crippen LogP contribution in [0.4, 0.5) is 0 Å². The molecule has 1 aliphatic heterocycles. The maximum Gasteiger partial charge on any atom is 0.251 e. The molecule has 2 unspecified atom stereocenters. The largest absolute Gasteiger partial charge is 0.393 e. The van der Waals surface area contributed by atoms with E-state index in [9.17, 15) is 14.7 Å². The number of aliphatic hydroxyl groups is 1. The van der Waals surface area contributed by atoms with Gasteiger partial charge < -0.3 is 20.5 Å². The third-order valence-corrected chi connectivity index (χ3v) is 5.00. The van der Waals surface area contributed by atoms with Crippen molar-refractivity contribution in [1.29, 1.82) is 0 Å². The van der Waals surface area contributed by atoms with E-state index in [-0.39, 0.29) is 25.0 Å². The molecule has 2 aromatic rings. The molecule has 2 amide bonds. The fourth-order valence-electron chi connectivity index (χ4n) is 3.34. The lowest BCUT2D eigenvalue weighted by Crippen LogP contribution is -2.52. The van der Waals surface area contributed by atoms with Gasteiger partial charge in [0.05, 0.1) is 6.61 Å². The summed E-state index contributed by atoms with van der Waals surface area (Å²) in [6.07, 6.45) is 1.93. The number of rotatable bonds is 8. The Kier molecular flexibility index (Phi) is 6.79. The molecule has 6 nitrogen and oxygen atoms in total. The molecule has 0 aromatic heterocycles. The first-order chi connectivity index (χ1) is 13.6. The Balaban J connectivity index is 1.69. The molecule has 0 bridgehead atoms. The molecule has 0 spiro atoms. The van der Waals surface area contributed by atoms with E-state index in [2.05, 4.69) is 10.6 Å². The van der Waals surface area contributed by atoms with Crippen molar-refractivity contribution in [2.75, 3.05) is 19.8 Å². The average molecular weight is 382 g/mol. The van der Waals surface area contributed by atoms with E-state index >= 15 is 0 Å². The first-order valence-corrected chi connectivity index (χ1v) is 9.54. The van der Waals surface area contributed by atoms with Crippen molar-refractivity contribution >= 4 is 11.8 Å². The third kappa shape index (κ3) is 5.18. The van der Waals surface area contributed by atoms with Crippen molar-refractivity contribution in [3.63, 3.8) is 0 Å². The third-order valence-electron chi connectivity index (χ3n) is 5.00. The second-order valence-corrected chi connectivity index (χ2v) is 7.09. The minimum absolute atomic E-state index is 0.146. The van der Waals surface area contributed by atoms with E-state index in [4.69, 9.17) is 4.74 Å². The molecule has 0 radical (unpaired) electrons. The Morgan fingerprint density at radius 2 is 1.75 bits per heavy atom. The monoisotopic (exact) mass is 382 g/mol. The maximum atomic E-state index is 12.9. The van der Waals surface area contributed by atoms with E-state index in [0.29, 0.717) is 25.0 Å². The molecule has 3 N–H and O–H groups in total. The summed E-state index contributed by atoms with van der Waals surface area (Å²) >= 11 is 0. The van der Waals surface area contributed by atoms with Crippen molar-refractivity contribution in [1.82, 2.24) is 10.6 Å². The van der Waals surface area contributed by atoms with Crippen molar-refractivity contribution in [2.45, 2.75) is 30.9 Å². The van der Waals surface area contributed by atoms with Crippen LogP contribution in [0.5, 0.6) is 0 Å². The lowest BCUT2D eigenvalue weighted by Gasteiger charge is -2.27. The molecule has 2 aromatic carbocycles. The van der Waals surface area contributed by atoms with Crippen LogP contribution in [-0.2, 0) is 16.0 Å². The number of hydrogen-bond acceptors (Lipinski definition) is 4. The predicted octanol–water partition coefficient (Wildman–Crippen LogP) is 1.69. The fourth-order valence-corrected chi connectivity index (χ4v) is 3.34. The van der Waals surface area contributed by atoms with Gasteiger partial charge in [-0.3, -0.25) is 9.59 Å². The van der Waals surface area contributed by atoms with E-state index in [1.165, 1.54) is 0 Å². The molecule has 0 saturated carbocycles. The summed E-state index contributed by atoms with van der Waals surface area (Å²) in [5.41, 5.74) is 0.723. The summed E-state index contributed by atoms with van der Waals surface area (Å²) in [5, 5.41) is 15.3.